The van der Waals surface area contributed by atoms with Crippen LogP contribution in [-0.4, -0.2) is 46.5 Å². The molecule has 2 aromatic heterocycles. The number of amides is 1. The number of nitrogens with one attached hydrogen (secondary N) is 2. The molecule has 1 aromatic carbocycles. The van der Waals surface area contributed by atoms with E-state index in [0.29, 0.717) is 24.4 Å². The molecule has 1 amide bonds. The average molecular weight is 336 g/mol. The Morgan fingerprint density at radius 1 is 1.04 bits per heavy atom. The lowest BCUT2D eigenvalue weighted by Crippen LogP contribution is -2.46. The number of benzene rings is 1. The minimum absolute atomic E-state index is 0.0272. The SMILES string of the molecule is Cc1ccc(-n2c(=O)ccc3cc(C(=O)N4CCNCC4)[nH]c32)cc1. The summed E-state index contributed by atoms with van der Waals surface area (Å²) in [6, 6.07) is 12.9. The van der Waals surface area contributed by atoms with Crippen LogP contribution in [0, 0.1) is 6.92 Å². The number of H-pyrrole nitrogens is 1. The van der Waals surface area contributed by atoms with E-state index in [1.807, 2.05) is 42.2 Å². The first kappa shape index (κ1) is 15.7. The molecule has 6 nitrogen and oxygen atoms in total. The first-order chi connectivity index (χ1) is 12.1. The summed E-state index contributed by atoms with van der Waals surface area (Å²) >= 11 is 0. The molecule has 1 aliphatic rings. The van der Waals surface area contributed by atoms with Crippen molar-refractivity contribution in [1.82, 2.24) is 19.8 Å². The third-order valence-electron chi connectivity index (χ3n) is 4.60. The zero-order chi connectivity index (χ0) is 17.4. The lowest BCUT2D eigenvalue weighted by molar-refractivity contribution is 0.0731. The third-order valence-corrected chi connectivity index (χ3v) is 4.60. The minimum atomic E-state index is -0.126. The Kier molecular flexibility index (Phi) is 3.89. The summed E-state index contributed by atoms with van der Waals surface area (Å²) in [7, 11) is 0. The summed E-state index contributed by atoms with van der Waals surface area (Å²) in [6.45, 7) is 5.00. The van der Waals surface area contributed by atoms with Crippen LogP contribution in [0.3, 0.4) is 0 Å². The molecule has 0 radical (unpaired) electrons. The number of piperazine rings is 1. The molecule has 1 saturated heterocycles. The summed E-state index contributed by atoms with van der Waals surface area (Å²) in [5.41, 5.74) is 2.95. The van der Waals surface area contributed by atoms with Gasteiger partial charge in [0.2, 0.25) is 0 Å². The number of nitrogens with zero attached hydrogens (tertiary/aromatic N) is 2. The number of hydrogen-bond donors (Lipinski definition) is 2. The Hall–Kier alpha value is -2.86. The molecular weight excluding hydrogens is 316 g/mol. The fraction of sp³-hybridized carbons (Fsp3) is 0.263. The first-order valence-electron chi connectivity index (χ1n) is 8.45. The van der Waals surface area contributed by atoms with Gasteiger partial charge in [-0.2, -0.15) is 0 Å². The molecule has 1 aliphatic heterocycles. The van der Waals surface area contributed by atoms with Gasteiger partial charge >= 0.3 is 0 Å². The number of rotatable bonds is 2. The highest BCUT2D eigenvalue weighted by atomic mass is 16.2. The second-order valence-electron chi connectivity index (χ2n) is 6.37. The lowest BCUT2D eigenvalue weighted by atomic mass is 10.2. The highest BCUT2D eigenvalue weighted by Gasteiger charge is 2.20. The van der Waals surface area contributed by atoms with E-state index in [1.54, 1.807) is 10.6 Å². The van der Waals surface area contributed by atoms with Gasteiger partial charge in [0.15, 0.2) is 0 Å². The first-order valence-corrected chi connectivity index (χ1v) is 8.45. The molecule has 4 rings (SSSR count). The van der Waals surface area contributed by atoms with Gasteiger partial charge in [0.25, 0.3) is 11.5 Å². The van der Waals surface area contributed by atoms with Crippen molar-refractivity contribution in [2.24, 2.45) is 0 Å². The Balaban J connectivity index is 1.80. The molecular formula is C19H20N4O2. The molecule has 0 bridgehead atoms. The molecule has 3 aromatic rings. The summed E-state index contributed by atoms with van der Waals surface area (Å²) in [6.07, 6.45) is 0. The van der Waals surface area contributed by atoms with E-state index in [1.165, 1.54) is 6.07 Å². The van der Waals surface area contributed by atoms with Gasteiger partial charge in [0, 0.05) is 37.6 Å². The van der Waals surface area contributed by atoms with Crippen LogP contribution in [-0.2, 0) is 0 Å². The Labute approximate surface area is 145 Å². The van der Waals surface area contributed by atoms with Crippen molar-refractivity contribution in [1.29, 1.82) is 0 Å². The van der Waals surface area contributed by atoms with Gasteiger partial charge in [0.05, 0.1) is 5.69 Å². The lowest BCUT2D eigenvalue weighted by Gasteiger charge is -2.26. The Morgan fingerprint density at radius 2 is 1.76 bits per heavy atom. The van der Waals surface area contributed by atoms with Gasteiger partial charge in [0.1, 0.15) is 11.3 Å². The van der Waals surface area contributed by atoms with Crippen LogP contribution < -0.4 is 10.9 Å². The van der Waals surface area contributed by atoms with Crippen LogP contribution in [0.1, 0.15) is 16.1 Å². The molecule has 0 aliphatic carbocycles. The van der Waals surface area contributed by atoms with Crippen LogP contribution >= 0.6 is 0 Å². The minimum Gasteiger partial charge on any atom is -0.336 e. The Morgan fingerprint density at radius 3 is 2.48 bits per heavy atom. The smallest absolute Gasteiger partial charge is 0.270 e. The second-order valence-corrected chi connectivity index (χ2v) is 6.37. The fourth-order valence-electron chi connectivity index (χ4n) is 3.22. The number of pyridine rings is 1. The van der Waals surface area contributed by atoms with Gasteiger partial charge in [-0.3, -0.25) is 14.2 Å². The number of aryl methyl sites for hydroxylation is 1. The van der Waals surface area contributed by atoms with Crippen LogP contribution in [0.2, 0.25) is 0 Å². The van der Waals surface area contributed by atoms with Crippen molar-refractivity contribution in [3.8, 4) is 5.69 Å². The van der Waals surface area contributed by atoms with Gasteiger partial charge < -0.3 is 15.2 Å². The topological polar surface area (TPSA) is 70.1 Å². The second kappa shape index (κ2) is 6.22. The summed E-state index contributed by atoms with van der Waals surface area (Å²) in [5.74, 6) is -0.0272. The predicted molar refractivity (Wildman–Crippen MR) is 97.4 cm³/mol. The zero-order valence-corrected chi connectivity index (χ0v) is 14.1. The zero-order valence-electron chi connectivity index (χ0n) is 14.1. The maximum Gasteiger partial charge on any atom is 0.270 e. The molecule has 1 fully saturated rings. The van der Waals surface area contributed by atoms with Crippen molar-refractivity contribution in [3.63, 3.8) is 0 Å². The van der Waals surface area contributed by atoms with Gasteiger partial charge in [-0.05, 0) is 31.2 Å². The van der Waals surface area contributed by atoms with Crippen LogP contribution in [0.5, 0.6) is 0 Å². The Bertz CT molecular complexity index is 979. The molecule has 0 spiro atoms. The maximum atomic E-state index is 12.7. The molecule has 25 heavy (non-hydrogen) atoms. The molecule has 2 N–H and O–H groups in total. The van der Waals surface area contributed by atoms with Crippen molar-refractivity contribution >= 4 is 16.9 Å². The van der Waals surface area contributed by atoms with E-state index in [4.69, 9.17) is 0 Å². The summed E-state index contributed by atoms with van der Waals surface area (Å²) in [5, 5.41) is 4.09. The highest BCUT2D eigenvalue weighted by molar-refractivity contribution is 5.97. The molecule has 3 heterocycles. The van der Waals surface area contributed by atoms with Crippen molar-refractivity contribution < 1.29 is 4.79 Å². The largest absolute Gasteiger partial charge is 0.336 e. The van der Waals surface area contributed by atoms with E-state index < -0.39 is 0 Å². The predicted octanol–water partition coefficient (Wildman–Crippen LogP) is 1.67. The molecule has 0 saturated carbocycles. The van der Waals surface area contributed by atoms with Gasteiger partial charge in [-0.1, -0.05) is 17.7 Å². The highest BCUT2D eigenvalue weighted by Crippen LogP contribution is 2.19. The van der Waals surface area contributed by atoms with Crippen LogP contribution in [0.4, 0.5) is 0 Å². The maximum absolute atomic E-state index is 12.7. The average Bonchev–Trinajstić information content (AvgIpc) is 3.07. The molecule has 128 valence electrons. The third kappa shape index (κ3) is 2.85. The molecule has 6 heteroatoms. The molecule has 0 unspecified atom stereocenters. The molecule has 0 atom stereocenters. The van der Waals surface area contributed by atoms with Crippen molar-refractivity contribution in [2.45, 2.75) is 6.92 Å². The number of hydrogen-bond acceptors (Lipinski definition) is 3. The monoisotopic (exact) mass is 336 g/mol. The number of aromatic amines is 1. The summed E-state index contributed by atoms with van der Waals surface area (Å²) in [4.78, 5) is 30.2. The van der Waals surface area contributed by atoms with E-state index in [9.17, 15) is 9.59 Å². The van der Waals surface area contributed by atoms with Crippen LogP contribution in [0.15, 0.2) is 47.3 Å². The van der Waals surface area contributed by atoms with Gasteiger partial charge in [-0.25, -0.2) is 0 Å². The standard InChI is InChI=1S/C19H20N4O2/c1-13-2-5-15(6-3-13)23-17(24)7-4-14-12-16(21-18(14)23)19(25)22-10-8-20-9-11-22/h2-7,12,20-21H,8-11H2,1H3. The number of carbonyl (C=O) groups is 1. The van der Waals surface area contributed by atoms with E-state index in [0.717, 1.165) is 29.7 Å². The fourth-order valence-corrected chi connectivity index (χ4v) is 3.22. The normalized spacial score (nSPS) is 14.8. The van der Waals surface area contributed by atoms with Crippen LogP contribution in [0.25, 0.3) is 16.7 Å². The summed E-state index contributed by atoms with van der Waals surface area (Å²) < 4.78 is 1.61. The van der Waals surface area contributed by atoms with Gasteiger partial charge in [-0.15, -0.1) is 0 Å². The number of aromatic nitrogens is 2. The number of carbonyl (C=O) groups excluding carboxylic acids is 1. The van der Waals surface area contributed by atoms with E-state index >= 15 is 0 Å². The number of fused-ring (bicyclic) bond motifs is 1. The van der Waals surface area contributed by atoms with Crippen molar-refractivity contribution in [2.75, 3.05) is 26.2 Å². The van der Waals surface area contributed by atoms with E-state index in [-0.39, 0.29) is 11.5 Å². The van der Waals surface area contributed by atoms with Crippen molar-refractivity contribution in [3.05, 3.63) is 64.1 Å². The quantitative estimate of drug-likeness (QED) is 0.748. The van der Waals surface area contributed by atoms with E-state index in [2.05, 4.69) is 10.3 Å².